The smallest absolute Gasteiger partial charge is 0.310 e. The first-order chi connectivity index (χ1) is 14.6. The van der Waals surface area contributed by atoms with Gasteiger partial charge in [0.1, 0.15) is 5.69 Å². The van der Waals surface area contributed by atoms with Crippen LogP contribution >= 0.6 is 0 Å². The molecule has 7 nitrogen and oxygen atoms in total. The lowest BCUT2D eigenvalue weighted by atomic mass is 9.87. The van der Waals surface area contributed by atoms with Gasteiger partial charge in [-0.25, -0.2) is 0 Å². The Balaban J connectivity index is 1.66. The van der Waals surface area contributed by atoms with E-state index in [9.17, 15) is 14.4 Å². The van der Waals surface area contributed by atoms with Gasteiger partial charge in [0.25, 0.3) is 5.91 Å². The summed E-state index contributed by atoms with van der Waals surface area (Å²) in [7, 11) is 1.62. The molecule has 1 N–H and O–H groups in total. The summed E-state index contributed by atoms with van der Waals surface area (Å²) >= 11 is 0. The second kappa shape index (κ2) is 9.12. The minimum atomic E-state index is -0.288. The van der Waals surface area contributed by atoms with Crippen LogP contribution in [0.4, 0.5) is 0 Å². The molecule has 1 aromatic carbocycles. The van der Waals surface area contributed by atoms with Crippen LogP contribution in [0.5, 0.6) is 0 Å². The number of H-pyrrole nitrogens is 1. The highest BCUT2D eigenvalue weighted by atomic mass is 16.5. The van der Waals surface area contributed by atoms with Crippen LogP contribution in [0.25, 0.3) is 10.9 Å². The topological polar surface area (TPSA) is 82.7 Å². The maximum Gasteiger partial charge on any atom is 0.310 e. The third kappa shape index (κ3) is 5.27. The molecule has 1 saturated heterocycles. The standard InChI is InChI=1S/C24H33N3O4/c1-6-31-23(30)17-8-7-11-27(14-17)21(28)15-26(5)22(29)20-12-16-9-10-18(24(2,3)4)13-19(16)25-20/h9-10,12-13,17,25H,6-8,11,14-15H2,1-5H3. The van der Waals surface area contributed by atoms with Gasteiger partial charge < -0.3 is 19.5 Å². The Morgan fingerprint density at radius 1 is 1.23 bits per heavy atom. The van der Waals surface area contributed by atoms with Crippen molar-refractivity contribution in [1.82, 2.24) is 14.8 Å². The van der Waals surface area contributed by atoms with Crippen molar-refractivity contribution in [2.24, 2.45) is 5.92 Å². The van der Waals surface area contributed by atoms with E-state index in [-0.39, 0.29) is 35.7 Å². The Bertz CT molecular complexity index is 973. The lowest BCUT2D eigenvalue weighted by Crippen LogP contribution is -2.47. The molecule has 168 valence electrons. The summed E-state index contributed by atoms with van der Waals surface area (Å²) in [4.78, 5) is 44.0. The third-order valence-electron chi connectivity index (χ3n) is 5.83. The van der Waals surface area contributed by atoms with Crippen LogP contribution in [0.2, 0.25) is 0 Å². The molecule has 2 amide bonds. The number of amides is 2. The number of hydrogen-bond acceptors (Lipinski definition) is 4. The number of fused-ring (bicyclic) bond motifs is 1. The molecule has 7 heteroatoms. The SMILES string of the molecule is CCOC(=O)C1CCCN(C(=O)CN(C)C(=O)c2cc3ccc(C(C)(C)C)cc3[nH]2)C1. The number of carbonyl (C=O) groups excluding carboxylic acids is 3. The zero-order valence-corrected chi connectivity index (χ0v) is 19.2. The highest BCUT2D eigenvalue weighted by molar-refractivity contribution is 5.99. The highest BCUT2D eigenvalue weighted by Gasteiger charge is 2.30. The lowest BCUT2D eigenvalue weighted by Gasteiger charge is -2.32. The summed E-state index contributed by atoms with van der Waals surface area (Å²) in [6, 6.07) is 7.98. The van der Waals surface area contributed by atoms with Crippen LogP contribution in [0.1, 0.15) is 56.6 Å². The maximum atomic E-state index is 12.9. The highest BCUT2D eigenvalue weighted by Crippen LogP contribution is 2.26. The van der Waals surface area contributed by atoms with Crippen LogP contribution in [0.15, 0.2) is 24.3 Å². The fourth-order valence-electron chi connectivity index (χ4n) is 3.95. The van der Waals surface area contributed by atoms with Gasteiger partial charge in [-0.2, -0.15) is 0 Å². The second-order valence-electron chi connectivity index (χ2n) is 9.33. The first-order valence-electron chi connectivity index (χ1n) is 10.9. The van der Waals surface area contributed by atoms with E-state index in [4.69, 9.17) is 4.74 Å². The first kappa shape index (κ1) is 22.8. The number of aromatic amines is 1. The Kier molecular flexibility index (Phi) is 6.72. The van der Waals surface area contributed by atoms with Gasteiger partial charge in [-0.3, -0.25) is 14.4 Å². The van der Waals surface area contributed by atoms with Gasteiger partial charge >= 0.3 is 5.97 Å². The number of likely N-dealkylation sites (N-methyl/N-ethyl adjacent to an activating group) is 1. The molecule has 3 rings (SSSR count). The van der Waals surface area contributed by atoms with Crippen molar-refractivity contribution in [3.05, 3.63) is 35.5 Å². The molecule has 0 spiro atoms. The normalized spacial score (nSPS) is 16.9. The van der Waals surface area contributed by atoms with E-state index in [0.29, 0.717) is 25.4 Å². The number of nitrogens with one attached hydrogen (secondary N) is 1. The van der Waals surface area contributed by atoms with E-state index in [1.807, 2.05) is 12.1 Å². The van der Waals surface area contributed by atoms with Gasteiger partial charge in [-0.15, -0.1) is 0 Å². The first-order valence-corrected chi connectivity index (χ1v) is 10.9. The summed E-state index contributed by atoms with van der Waals surface area (Å²) in [6.45, 7) is 9.47. The van der Waals surface area contributed by atoms with Crippen molar-refractivity contribution in [2.45, 2.75) is 46.0 Å². The molecule has 1 unspecified atom stereocenters. The van der Waals surface area contributed by atoms with Crippen molar-refractivity contribution in [3.63, 3.8) is 0 Å². The van der Waals surface area contributed by atoms with Crippen LogP contribution in [0.3, 0.4) is 0 Å². The number of rotatable bonds is 5. The Hall–Kier alpha value is -2.83. The van der Waals surface area contributed by atoms with Gasteiger partial charge in [-0.1, -0.05) is 32.9 Å². The van der Waals surface area contributed by atoms with Crippen LogP contribution in [-0.4, -0.2) is 65.9 Å². The van der Waals surface area contributed by atoms with Gasteiger partial charge in [0.2, 0.25) is 5.91 Å². The molecule has 1 aliphatic rings. The van der Waals surface area contributed by atoms with Gasteiger partial charge in [0.05, 0.1) is 19.1 Å². The van der Waals surface area contributed by atoms with Crippen molar-refractivity contribution in [1.29, 1.82) is 0 Å². The molecule has 1 aromatic heterocycles. The summed E-state index contributed by atoms with van der Waals surface area (Å²) in [5, 5.41) is 0.962. The molecular weight excluding hydrogens is 394 g/mol. The molecule has 0 aliphatic carbocycles. The molecule has 0 bridgehead atoms. The number of aromatic nitrogens is 1. The van der Waals surface area contributed by atoms with Gasteiger partial charge in [-0.05, 0) is 42.9 Å². The van der Waals surface area contributed by atoms with Crippen LogP contribution in [-0.2, 0) is 19.7 Å². The minimum absolute atomic E-state index is 0.0164. The minimum Gasteiger partial charge on any atom is -0.466 e. The van der Waals surface area contributed by atoms with Crippen molar-refractivity contribution < 1.29 is 19.1 Å². The molecular formula is C24H33N3O4. The summed E-state index contributed by atoms with van der Waals surface area (Å²) in [5.41, 5.74) is 2.57. The predicted octanol–water partition coefficient (Wildman–Crippen LogP) is 3.34. The number of piperidine rings is 1. The molecule has 1 fully saturated rings. The van der Waals surface area contributed by atoms with E-state index in [2.05, 4.69) is 37.9 Å². The zero-order valence-electron chi connectivity index (χ0n) is 19.2. The number of hydrogen-bond donors (Lipinski definition) is 1. The zero-order chi connectivity index (χ0) is 22.8. The number of benzene rings is 1. The molecule has 1 atom stereocenters. The average Bonchev–Trinajstić information content (AvgIpc) is 3.16. The summed E-state index contributed by atoms with van der Waals surface area (Å²) in [5.74, 6) is -0.932. The molecule has 31 heavy (non-hydrogen) atoms. The summed E-state index contributed by atoms with van der Waals surface area (Å²) in [6.07, 6.45) is 1.48. The Morgan fingerprint density at radius 3 is 2.65 bits per heavy atom. The molecule has 0 saturated carbocycles. The number of ether oxygens (including phenoxy) is 1. The van der Waals surface area contributed by atoms with Crippen molar-refractivity contribution in [2.75, 3.05) is 33.3 Å². The Labute approximate surface area is 183 Å². The molecule has 2 heterocycles. The number of esters is 1. The fourth-order valence-corrected chi connectivity index (χ4v) is 3.95. The van der Waals surface area contributed by atoms with E-state index in [0.717, 1.165) is 23.7 Å². The Morgan fingerprint density at radius 2 is 1.97 bits per heavy atom. The largest absolute Gasteiger partial charge is 0.466 e. The fraction of sp³-hybridized carbons (Fsp3) is 0.542. The molecule has 1 aliphatic heterocycles. The van der Waals surface area contributed by atoms with E-state index >= 15 is 0 Å². The van der Waals surface area contributed by atoms with Gasteiger partial charge in [0, 0.05) is 31.0 Å². The predicted molar refractivity (Wildman–Crippen MR) is 120 cm³/mol. The van der Waals surface area contributed by atoms with E-state index in [1.54, 1.807) is 18.9 Å². The van der Waals surface area contributed by atoms with Crippen LogP contribution < -0.4 is 0 Å². The quantitative estimate of drug-likeness (QED) is 0.742. The number of carbonyl (C=O) groups is 3. The van der Waals surface area contributed by atoms with Gasteiger partial charge in [0.15, 0.2) is 0 Å². The van der Waals surface area contributed by atoms with Crippen molar-refractivity contribution in [3.8, 4) is 0 Å². The molecule has 0 radical (unpaired) electrons. The monoisotopic (exact) mass is 427 g/mol. The third-order valence-corrected chi connectivity index (χ3v) is 5.83. The number of likely N-dealkylation sites (tertiary alicyclic amines) is 1. The maximum absolute atomic E-state index is 12.9. The van der Waals surface area contributed by atoms with Crippen LogP contribution in [0, 0.1) is 5.92 Å². The summed E-state index contributed by atoms with van der Waals surface area (Å²) < 4.78 is 5.10. The lowest BCUT2D eigenvalue weighted by molar-refractivity contribution is -0.151. The second-order valence-corrected chi connectivity index (χ2v) is 9.33. The van der Waals surface area contributed by atoms with Crippen molar-refractivity contribution >= 4 is 28.7 Å². The van der Waals surface area contributed by atoms with E-state index < -0.39 is 0 Å². The average molecular weight is 428 g/mol. The number of nitrogens with zero attached hydrogens (tertiary/aromatic N) is 2. The molecule has 2 aromatic rings. The van der Waals surface area contributed by atoms with E-state index in [1.165, 1.54) is 10.5 Å².